The summed E-state index contributed by atoms with van der Waals surface area (Å²) in [7, 11) is 0. The van der Waals surface area contributed by atoms with Crippen LogP contribution in [0.25, 0.3) is 0 Å². The highest BCUT2D eigenvalue weighted by Crippen LogP contribution is 2.16. The Morgan fingerprint density at radius 1 is 1.62 bits per heavy atom. The van der Waals surface area contributed by atoms with Gasteiger partial charge in [-0.2, -0.15) is 0 Å². The van der Waals surface area contributed by atoms with Crippen LogP contribution in [0.4, 0.5) is 0 Å². The van der Waals surface area contributed by atoms with Crippen LogP contribution in [0.3, 0.4) is 0 Å². The van der Waals surface area contributed by atoms with Gasteiger partial charge >= 0.3 is 0 Å². The number of likely N-dealkylation sites (tertiary alicyclic amines) is 1. The molecule has 2 N–H and O–H groups in total. The molecule has 0 amide bonds. The predicted octanol–water partition coefficient (Wildman–Crippen LogP) is 0.553. The summed E-state index contributed by atoms with van der Waals surface area (Å²) in [4.78, 5) is 6.86. The maximum Gasteiger partial charge on any atom is 0.0612 e. The van der Waals surface area contributed by atoms with E-state index in [1.807, 2.05) is 17.3 Å². The molecule has 0 aliphatic carbocycles. The molecule has 4 heteroatoms. The Labute approximate surface area is 83.8 Å². The third-order valence-corrected chi connectivity index (χ3v) is 3.57. The van der Waals surface area contributed by atoms with Crippen molar-refractivity contribution in [3.05, 3.63) is 0 Å². The topological polar surface area (TPSA) is 41.6 Å². The molecular formula is C9H17N3S. The number of rotatable bonds is 3. The van der Waals surface area contributed by atoms with Gasteiger partial charge in [-0.25, -0.2) is 0 Å². The number of nitrogens with two attached hydrogens (primary N) is 1. The number of hydrogen-bond acceptors (Lipinski definition) is 4. The van der Waals surface area contributed by atoms with Gasteiger partial charge in [-0.15, -0.1) is 11.8 Å². The van der Waals surface area contributed by atoms with E-state index in [9.17, 15) is 0 Å². The van der Waals surface area contributed by atoms with Crippen LogP contribution in [0, 0.1) is 0 Å². The van der Waals surface area contributed by atoms with Gasteiger partial charge in [-0.3, -0.25) is 4.99 Å². The molecule has 2 heterocycles. The summed E-state index contributed by atoms with van der Waals surface area (Å²) in [5, 5.41) is 0. The van der Waals surface area contributed by atoms with Gasteiger partial charge in [0.1, 0.15) is 0 Å². The third-order valence-electron chi connectivity index (χ3n) is 2.72. The van der Waals surface area contributed by atoms with Crippen LogP contribution in [0.2, 0.25) is 0 Å². The summed E-state index contributed by atoms with van der Waals surface area (Å²) in [5.74, 6) is 1.18. The van der Waals surface area contributed by atoms with Gasteiger partial charge < -0.3 is 10.6 Å². The predicted molar refractivity (Wildman–Crippen MR) is 58.4 cm³/mol. The monoisotopic (exact) mass is 199 g/mol. The van der Waals surface area contributed by atoms with E-state index in [4.69, 9.17) is 5.73 Å². The molecule has 0 aromatic carbocycles. The summed E-state index contributed by atoms with van der Waals surface area (Å²) in [6.07, 6.45) is 2.37. The third kappa shape index (κ3) is 2.69. The molecule has 13 heavy (non-hydrogen) atoms. The van der Waals surface area contributed by atoms with Crippen molar-refractivity contribution in [2.24, 2.45) is 10.7 Å². The van der Waals surface area contributed by atoms with Crippen LogP contribution in [-0.2, 0) is 0 Å². The first-order valence-corrected chi connectivity index (χ1v) is 6.00. The molecule has 0 radical (unpaired) electrons. The van der Waals surface area contributed by atoms with Crippen molar-refractivity contribution in [2.45, 2.75) is 24.9 Å². The minimum Gasteiger partial charge on any atom is -0.326 e. The smallest absolute Gasteiger partial charge is 0.0612 e. The molecule has 1 fully saturated rings. The normalized spacial score (nSPS) is 34.5. The first kappa shape index (κ1) is 9.49. The Balaban J connectivity index is 1.65. The number of aliphatic imine (C=N–C) groups is 1. The van der Waals surface area contributed by atoms with Crippen molar-refractivity contribution < 1.29 is 0 Å². The van der Waals surface area contributed by atoms with Crippen molar-refractivity contribution in [3.8, 4) is 0 Å². The molecule has 2 rings (SSSR count). The van der Waals surface area contributed by atoms with Crippen LogP contribution >= 0.6 is 11.8 Å². The molecule has 2 atom stereocenters. The van der Waals surface area contributed by atoms with Crippen molar-refractivity contribution in [1.29, 1.82) is 0 Å². The Kier molecular flexibility index (Phi) is 3.24. The van der Waals surface area contributed by atoms with E-state index >= 15 is 0 Å². The SMILES string of the molecule is N[C@@H]1CCN(CC[C@@H]2CSC=N2)C1. The van der Waals surface area contributed by atoms with Crippen molar-refractivity contribution in [1.82, 2.24) is 4.90 Å². The van der Waals surface area contributed by atoms with Gasteiger partial charge in [-0.1, -0.05) is 0 Å². The van der Waals surface area contributed by atoms with Crippen LogP contribution in [0.15, 0.2) is 4.99 Å². The van der Waals surface area contributed by atoms with Gasteiger partial charge in [0.2, 0.25) is 0 Å². The molecule has 0 aromatic heterocycles. The van der Waals surface area contributed by atoms with E-state index in [1.165, 1.54) is 31.7 Å². The Hall–Kier alpha value is -0.0600. The average molecular weight is 199 g/mol. The molecule has 74 valence electrons. The lowest BCUT2D eigenvalue weighted by Crippen LogP contribution is -2.28. The van der Waals surface area contributed by atoms with Crippen molar-refractivity contribution in [3.63, 3.8) is 0 Å². The largest absolute Gasteiger partial charge is 0.326 e. The molecule has 0 unspecified atom stereocenters. The quantitative estimate of drug-likeness (QED) is 0.722. The van der Waals surface area contributed by atoms with Crippen LogP contribution < -0.4 is 5.73 Å². The summed E-state index contributed by atoms with van der Waals surface area (Å²) in [5.41, 5.74) is 7.82. The standard InChI is InChI=1S/C9H17N3S/c10-8-1-3-12(5-8)4-2-9-6-13-7-11-9/h7-9H,1-6,10H2/t8-,9-/m1/s1. The minimum atomic E-state index is 0.418. The van der Waals surface area contributed by atoms with E-state index < -0.39 is 0 Å². The summed E-state index contributed by atoms with van der Waals surface area (Å²) in [6, 6.07) is 0.989. The maximum absolute atomic E-state index is 5.83. The second kappa shape index (κ2) is 4.44. The van der Waals surface area contributed by atoms with E-state index in [1.54, 1.807) is 0 Å². The summed E-state index contributed by atoms with van der Waals surface area (Å²) >= 11 is 1.83. The highest BCUT2D eigenvalue weighted by molar-refractivity contribution is 8.12. The van der Waals surface area contributed by atoms with E-state index in [-0.39, 0.29) is 0 Å². The lowest BCUT2D eigenvalue weighted by molar-refractivity contribution is 0.322. The zero-order valence-electron chi connectivity index (χ0n) is 7.85. The van der Waals surface area contributed by atoms with Crippen molar-refractivity contribution in [2.75, 3.05) is 25.4 Å². The first-order chi connectivity index (χ1) is 6.34. The second-order valence-corrected chi connectivity index (χ2v) is 4.76. The van der Waals surface area contributed by atoms with Gasteiger partial charge in [0, 0.05) is 24.9 Å². The maximum atomic E-state index is 5.83. The fraction of sp³-hybridized carbons (Fsp3) is 0.889. The highest BCUT2D eigenvalue weighted by Gasteiger charge is 2.20. The first-order valence-electron chi connectivity index (χ1n) is 4.96. The number of hydrogen-bond donors (Lipinski definition) is 1. The second-order valence-electron chi connectivity index (χ2n) is 3.88. The lowest BCUT2D eigenvalue weighted by Gasteiger charge is -2.16. The zero-order chi connectivity index (χ0) is 9.10. The average Bonchev–Trinajstić information content (AvgIpc) is 2.71. The summed E-state index contributed by atoms with van der Waals surface area (Å²) in [6.45, 7) is 3.45. The fourth-order valence-electron chi connectivity index (χ4n) is 1.88. The van der Waals surface area contributed by atoms with Crippen LogP contribution in [0.1, 0.15) is 12.8 Å². The highest BCUT2D eigenvalue weighted by atomic mass is 32.2. The Morgan fingerprint density at radius 3 is 3.15 bits per heavy atom. The van der Waals surface area contributed by atoms with E-state index in [0.717, 1.165) is 6.54 Å². The minimum absolute atomic E-state index is 0.418. The zero-order valence-corrected chi connectivity index (χ0v) is 8.67. The van der Waals surface area contributed by atoms with Crippen LogP contribution in [0.5, 0.6) is 0 Å². The van der Waals surface area contributed by atoms with Gasteiger partial charge in [0.15, 0.2) is 0 Å². The van der Waals surface area contributed by atoms with Gasteiger partial charge in [-0.05, 0) is 19.4 Å². The Morgan fingerprint density at radius 2 is 2.54 bits per heavy atom. The molecule has 1 saturated heterocycles. The van der Waals surface area contributed by atoms with Crippen LogP contribution in [-0.4, -0.2) is 47.9 Å². The Bertz CT molecular complexity index is 195. The van der Waals surface area contributed by atoms with Crippen molar-refractivity contribution >= 4 is 17.3 Å². The van der Waals surface area contributed by atoms with Gasteiger partial charge in [0.05, 0.1) is 11.6 Å². The molecule has 3 nitrogen and oxygen atoms in total. The number of nitrogens with zero attached hydrogens (tertiary/aromatic N) is 2. The summed E-state index contributed by atoms with van der Waals surface area (Å²) < 4.78 is 0. The fourth-order valence-corrected chi connectivity index (χ4v) is 2.70. The molecular weight excluding hydrogens is 182 g/mol. The molecule has 0 aromatic rings. The molecule has 0 bridgehead atoms. The molecule has 0 saturated carbocycles. The lowest BCUT2D eigenvalue weighted by atomic mass is 10.2. The number of thioether (sulfide) groups is 1. The van der Waals surface area contributed by atoms with E-state index in [0.29, 0.717) is 12.1 Å². The van der Waals surface area contributed by atoms with Gasteiger partial charge in [0.25, 0.3) is 0 Å². The van der Waals surface area contributed by atoms with E-state index in [2.05, 4.69) is 9.89 Å². The molecule has 2 aliphatic heterocycles. The molecule has 0 spiro atoms. The molecule has 2 aliphatic rings.